The molecule has 0 radical (unpaired) electrons. The maximum atomic E-state index is 12.2. The average molecular weight is 331 g/mol. The number of halogens is 1. The second kappa shape index (κ2) is 5.13. The summed E-state index contributed by atoms with van der Waals surface area (Å²) < 4.78 is 11.8. The molecule has 3 aromatic rings. The van der Waals surface area contributed by atoms with E-state index in [4.69, 9.17) is 9.15 Å². The fourth-order valence-electron chi connectivity index (χ4n) is 2.07. The molecule has 0 saturated heterocycles. The van der Waals surface area contributed by atoms with Crippen LogP contribution in [0.4, 0.5) is 0 Å². The summed E-state index contributed by atoms with van der Waals surface area (Å²) in [6.45, 7) is 0. The second-order valence-corrected chi connectivity index (χ2v) is 5.09. The quantitative estimate of drug-likeness (QED) is 0.705. The summed E-state index contributed by atoms with van der Waals surface area (Å²) in [5.74, 6) is 1.17. The minimum atomic E-state index is -0.0755. The highest BCUT2D eigenvalue weighted by molar-refractivity contribution is 9.10. The lowest BCUT2D eigenvalue weighted by atomic mass is 10.1. The van der Waals surface area contributed by atoms with Crippen LogP contribution in [0.2, 0.25) is 0 Å². The van der Waals surface area contributed by atoms with Gasteiger partial charge in [0.1, 0.15) is 16.0 Å². The van der Waals surface area contributed by atoms with Crippen LogP contribution >= 0.6 is 15.9 Å². The predicted molar refractivity (Wildman–Crippen MR) is 82.2 cm³/mol. The molecule has 4 heteroatoms. The molecule has 0 amide bonds. The molecule has 0 atom stereocenters. The van der Waals surface area contributed by atoms with E-state index in [0.29, 0.717) is 27.0 Å². The summed E-state index contributed by atoms with van der Waals surface area (Å²) in [7, 11) is 1.57. The van der Waals surface area contributed by atoms with E-state index in [-0.39, 0.29) is 5.43 Å². The van der Waals surface area contributed by atoms with Crippen molar-refractivity contribution in [1.29, 1.82) is 0 Å². The summed E-state index contributed by atoms with van der Waals surface area (Å²) in [5.41, 5.74) is 1.28. The smallest absolute Gasteiger partial charge is 0.193 e. The van der Waals surface area contributed by atoms with Gasteiger partial charge in [-0.3, -0.25) is 4.79 Å². The minimum Gasteiger partial charge on any atom is -0.495 e. The van der Waals surface area contributed by atoms with Crippen molar-refractivity contribution < 1.29 is 9.15 Å². The Morgan fingerprint density at radius 1 is 1.10 bits per heavy atom. The third-order valence-electron chi connectivity index (χ3n) is 3.08. The van der Waals surface area contributed by atoms with Crippen LogP contribution in [-0.4, -0.2) is 7.11 Å². The van der Waals surface area contributed by atoms with Crippen LogP contribution in [0.1, 0.15) is 0 Å². The third-order valence-corrected chi connectivity index (χ3v) is 3.83. The number of benzene rings is 2. The molecule has 0 unspecified atom stereocenters. The Bertz CT molecular complexity index is 822. The molecule has 0 fully saturated rings. The Balaban J connectivity index is 2.33. The fourth-order valence-corrected chi connectivity index (χ4v) is 2.66. The molecule has 0 spiro atoms. The summed E-state index contributed by atoms with van der Waals surface area (Å²) in [4.78, 5) is 12.2. The van der Waals surface area contributed by atoms with Gasteiger partial charge < -0.3 is 9.15 Å². The minimum absolute atomic E-state index is 0.0755. The first kappa shape index (κ1) is 12.9. The Morgan fingerprint density at radius 3 is 2.55 bits per heavy atom. The molecule has 3 rings (SSSR count). The molecule has 1 heterocycles. The zero-order chi connectivity index (χ0) is 14.1. The first-order valence-electron chi connectivity index (χ1n) is 6.06. The molecule has 100 valence electrons. The van der Waals surface area contributed by atoms with Crippen molar-refractivity contribution >= 4 is 26.9 Å². The van der Waals surface area contributed by atoms with Gasteiger partial charge in [0.15, 0.2) is 11.0 Å². The highest BCUT2D eigenvalue weighted by atomic mass is 79.9. The van der Waals surface area contributed by atoms with Gasteiger partial charge in [-0.1, -0.05) is 30.3 Å². The Morgan fingerprint density at radius 2 is 1.85 bits per heavy atom. The van der Waals surface area contributed by atoms with Gasteiger partial charge in [-0.25, -0.2) is 0 Å². The normalized spacial score (nSPS) is 10.7. The first-order valence-corrected chi connectivity index (χ1v) is 6.86. The van der Waals surface area contributed by atoms with Gasteiger partial charge in [-0.05, 0) is 28.1 Å². The van der Waals surface area contributed by atoms with Gasteiger partial charge in [0.05, 0.1) is 12.5 Å². The number of hydrogen-bond acceptors (Lipinski definition) is 3. The van der Waals surface area contributed by atoms with Crippen LogP contribution < -0.4 is 10.2 Å². The lowest BCUT2D eigenvalue weighted by Crippen LogP contribution is -2.01. The zero-order valence-corrected chi connectivity index (χ0v) is 12.3. The van der Waals surface area contributed by atoms with Crippen LogP contribution in [0.25, 0.3) is 22.3 Å². The molecule has 0 saturated carbocycles. The van der Waals surface area contributed by atoms with E-state index in [9.17, 15) is 4.79 Å². The molecule has 0 aliphatic carbocycles. The van der Waals surface area contributed by atoms with Crippen LogP contribution in [0.3, 0.4) is 0 Å². The summed E-state index contributed by atoms with van der Waals surface area (Å²) in [6.07, 6.45) is 0. The molecule has 20 heavy (non-hydrogen) atoms. The van der Waals surface area contributed by atoms with Crippen molar-refractivity contribution in [2.45, 2.75) is 0 Å². The van der Waals surface area contributed by atoms with Crippen LogP contribution in [0.15, 0.2) is 62.2 Å². The van der Waals surface area contributed by atoms with Gasteiger partial charge in [0.2, 0.25) is 0 Å². The number of methoxy groups -OCH3 is 1. The van der Waals surface area contributed by atoms with Gasteiger partial charge in [-0.2, -0.15) is 0 Å². The highest BCUT2D eigenvalue weighted by Crippen LogP contribution is 2.33. The molecule has 3 nitrogen and oxygen atoms in total. The fraction of sp³-hybridized carbons (Fsp3) is 0.0625. The SMILES string of the molecule is COc1ccc2c(=O)cc(-c3ccccc3)oc2c1Br. The lowest BCUT2D eigenvalue weighted by Gasteiger charge is -2.07. The van der Waals surface area contributed by atoms with Crippen LogP contribution in [0.5, 0.6) is 5.75 Å². The van der Waals surface area contributed by atoms with E-state index in [1.54, 1.807) is 19.2 Å². The summed E-state index contributed by atoms with van der Waals surface area (Å²) in [5, 5.41) is 0.525. The van der Waals surface area contributed by atoms with E-state index < -0.39 is 0 Å². The zero-order valence-electron chi connectivity index (χ0n) is 10.7. The van der Waals surface area contributed by atoms with Crippen molar-refractivity contribution in [3.05, 3.63) is 63.2 Å². The summed E-state index contributed by atoms with van der Waals surface area (Å²) >= 11 is 3.43. The van der Waals surface area contributed by atoms with E-state index in [1.807, 2.05) is 30.3 Å². The van der Waals surface area contributed by atoms with Gasteiger partial charge in [0, 0.05) is 11.6 Å². The summed E-state index contributed by atoms with van der Waals surface area (Å²) in [6, 6.07) is 14.5. The monoisotopic (exact) mass is 330 g/mol. The van der Waals surface area contributed by atoms with Gasteiger partial charge >= 0.3 is 0 Å². The molecular weight excluding hydrogens is 320 g/mol. The van der Waals surface area contributed by atoms with Crippen molar-refractivity contribution in [3.63, 3.8) is 0 Å². The van der Waals surface area contributed by atoms with E-state index in [1.165, 1.54) is 6.07 Å². The van der Waals surface area contributed by atoms with Gasteiger partial charge in [0.25, 0.3) is 0 Å². The standard InChI is InChI=1S/C16H11BrO3/c1-19-13-8-7-11-12(18)9-14(20-16(11)15(13)17)10-5-3-2-4-6-10/h2-9H,1H3. The molecule has 2 aromatic carbocycles. The average Bonchev–Trinajstić information content (AvgIpc) is 2.49. The third kappa shape index (κ3) is 2.12. The van der Waals surface area contributed by atoms with E-state index in [0.717, 1.165) is 5.56 Å². The van der Waals surface area contributed by atoms with Crippen molar-refractivity contribution in [1.82, 2.24) is 0 Å². The number of ether oxygens (including phenoxy) is 1. The molecule has 0 aliphatic heterocycles. The highest BCUT2D eigenvalue weighted by Gasteiger charge is 2.12. The predicted octanol–water partition coefficient (Wildman–Crippen LogP) is 4.23. The maximum absolute atomic E-state index is 12.2. The molecule has 0 aliphatic rings. The largest absolute Gasteiger partial charge is 0.495 e. The Labute approximate surface area is 123 Å². The topological polar surface area (TPSA) is 39.4 Å². The number of hydrogen-bond donors (Lipinski definition) is 0. The number of rotatable bonds is 2. The lowest BCUT2D eigenvalue weighted by molar-refractivity contribution is 0.411. The van der Waals surface area contributed by atoms with Crippen molar-refractivity contribution in [2.24, 2.45) is 0 Å². The van der Waals surface area contributed by atoms with E-state index in [2.05, 4.69) is 15.9 Å². The molecular formula is C16H11BrO3. The Hall–Kier alpha value is -2.07. The van der Waals surface area contributed by atoms with Crippen LogP contribution in [-0.2, 0) is 0 Å². The number of fused-ring (bicyclic) bond motifs is 1. The molecule has 0 bridgehead atoms. The maximum Gasteiger partial charge on any atom is 0.193 e. The van der Waals surface area contributed by atoms with Crippen molar-refractivity contribution in [2.75, 3.05) is 7.11 Å². The first-order chi connectivity index (χ1) is 9.70. The molecule has 1 aromatic heterocycles. The Kier molecular flexibility index (Phi) is 3.32. The van der Waals surface area contributed by atoms with E-state index >= 15 is 0 Å². The molecule has 0 N–H and O–H groups in total. The second-order valence-electron chi connectivity index (χ2n) is 4.30. The van der Waals surface area contributed by atoms with Crippen molar-refractivity contribution in [3.8, 4) is 17.1 Å². The van der Waals surface area contributed by atoms with Gasteiger partial charge in [-0.15, -0.1) is 0 Å². The van der Waals surface area contributed by atoms with Crippen LogP contribution in [0, 0.1) is 0 Å².